The first kappa shape index (κ1) is 17.7. The van der Waals surface area contributed by atoms with Crippen LogP contribution in [-0.2, 0) is 4.74 Å². The summed E-state index contributed by atoms with van der Waals surface area (Å²) < 4.78 is 6.54. The molecule has 0 fully saturated rings. The third-order valence-electron chi connectivity index (χ3n) is 3.90. The third kappa shape index (κ3) is 5.88. The van der Waals surface area contributed by atoms with Crippen LogP contribution in [0.3, 0.4) is 0 Å². The van der Waals surface area contributed by atoms with Gasteiger partial charge >= 0.3 is 5.97 Å². The quantitative estimate of drug-likeness (QED) is 0.483. The van der Waals surface area contributed by atoms with Gasteiger partial charge in [-0.2, -0.15) is 0 Å². The van der Waals surface area contributed by atoms with E-state index in [-0.39, 0.29) is 5.97 Å². The monoisotopic (exact) mass is 292 g/mol. The molecule has 0 saturated heterocycles. The van der Waals surface area contributed by atoms with E-state index in [2.05, 4.69) is 20.8 Å². The fraction of sp³-hybridized carbons (Fsp3) is 0.611. The van der Waals surface area contributed by atoms with Crippen LogP contribution in [0.4, 0.5) is 0 Å². The number of carbonyl (C=O) groups excluding carboxylic acids is 1. The van der Waals surface area contributed by atoms with E-state index in [1.807, 2.05) is 18.2 Å². The molecule has 0 bridgehead atoms. The molecule has 118 valence electrons. The highest BCUT2D eigenvalue weighted by Crippen LogP contribution is 2.12. The summed E-state index contributed by atoms with van der Waals surface area (Å²) in [6, 6.07) is 9.23. The minimum absolute atomic E-state index is 0.210. The summed E-state index contributed by atoms with van der Waals surface area (Å²) in [5.41, 5.74) is 0.636. The second-order valence-corrected chi connectivity index (χ2v) is 5.74. The number of carbonyl (C=O) groups is 1. The number of esters is 1. The number of hydrogen-bond acceptors (Lipinski definition) is 2. The Morgan fingerprint density at radius 1 is 0.905 bits per heavy atom. The number of quaternary nitrogens is 1. The van der Waals surface area contributed by atoms with Gasteiger partial charge in [-0.05, 0) is 31.4 Å². The molecule has 0 aliphatic rings. The van der Waals surface area contributed by atoms with Gasteiger partial charge in [0, 0.05) is 0 Å². The Labute approximate surface area is 129 Å². The summed E-state index contributed by atoms with van der Waals surface area (Å²) in [5.74, 6) is -0.210. The predicted molar refractivity (Wildman–Crippen MR) is 87.3 cm³/mol. The van der Waals surface area contributed by atoms with E-state index in [0.717, 1.165) is 11.0 Å². The van der Waals surface area contributed by atoms with Gasteiger partial charge in [0.15, 0.2) is 0 Å². The average Bonchev–Trinajstić information content (AvgIpc) is 2.49. The Bertz CT molecular complexity index is 386. The van der Waals surface area contributed by atoms with Gasteiger partial charge in [0.1, 0.15) is 13.2 Å². The lowest BCUT2D eigenvalue weighted by molar-refractivity contribution is -0.928. The lowest BCUT2D eigenvalue weighted by atomic mass is 10.2. The molecule has 1 aromatic rings. The summed E-state index contributed by atoms with van der Waals surface area (Å²) in [6.07, 6.45) is 3.52. The van der Waals surface area contributed by atoms with Gasteiger partial charge in [-0.25, -0.2) is 4.79 Å². The van der Waals surface area contributed by atoms with Crippen molar-refractivity contribution in [3.05, 3.63) is 35.9 Å². The van der Waals surface area contributed by atoms with Crippen LogP contribution in [0.2, 0.25) is 0 Å². The maximum atomic E-state index is 12.0. The first-order valence-corrected chi connectivity index (χ1v) is 8.24. The summed E-state index contributed by atoms with van der Waals surface area (Å²) >= 11 is 0. The molecule has 0 radical (unpaired) electrons. The molecular weight excluding hydrogens is 262 g/mol. The first-order valence-electron chi connectivity index (χ1n) is 8.24. The molecule has 1 rings (SSSR count). The summed E-state index contributed by atoms with van der Waals surface area (Å²) in [5, 5.41) is 0. The second-order valence-electron chi connectivity index (χ2n) is 5.74. The van der Waals surface area contributed by atoms with Gasteiger partial charge in [-0.15, -0.1) is 0 Å². The highest BCUT2D eigenvalue weighted by atomic mass is 16.5. The van der Waals surface area contributed by atoms with Crippen LogP contribution in [0.25, 0.3) is 0 Å². The minimum Gasteiger partial charge on any atom is -0.456 e. The molecule has 0 aromatic heterocycles. The Balaban J connectivity index is 2.54. The molecule has 0 atom stereocenters. The highest BCUT2D eigenvalue weighted by Gasteiger charge is 2.24. The van der Waals surface area contributed by atoms with Crippen molar-refractivity contribution in [2.45, 2.75) is 40.0 Å². The maximum Gasteiger partial charge on any atom is 0.338 e. The molecule has 21 heavy (non-hydrogen) atoms. The molecule has 0 unspecified atom stereocenters. The third-order valence-corrected chi connectivity index (χ3v) is 3.90. The van der Waals surface area contributed by atoms with E-state index in [4.69, 9.17) is 4.74 Å². The van der Waals surface area contributed by atoms with Gasteiger partial charge in [0.05, 0.1) is 25.2 Å². The molecule has 0 spiro atoms. The zero-order chi connectivity index (χ0) is 15.6. The Kier molecular flexibility index (Phi) is 8.06. The molecule has 0 saturated carbocycles. The Morgan fingerprint density at radius 3 is 1.90 bits per heavy atom. The molecule has 0 aliphatic heterocycles. The molecule has 0 heterocycles. The molecule has 1 aromatic carbocycles. The van der Waals surface area contributed by atoms with E-state index in [1.54, 1.807) is 12.1 Å². The average molecular weight is 292 g/mol. The van der Waals surface area contributed by atoms with Crippen LogP contribution in [0.1, 0.15) is 50.4 Å². The summed E-state index contributed by atoms with van der Waals surface area (Å²) in [6.45, 7) is 11.6. The fourth-order valence-corrected chi connectivity index (χ4v) is 3.08. The van der Waals surface area contributed by atoms with Gasteiger partial charge in [0.2, 0.25) is 0 Å². The number of rotatable bonds is 10. The van der Waals surface area contributed by atoms with Crippen LogP contribution in [-0.4, -0.2) is 43.2 Å². The van der Waals surface area contributed by atoms with Crippen LogP contribution >= 0.6 is 0 Å². The van der Waals surface area contributed by atoms with Crippen LogP contribution < -0.4 is 0 Å². The van der Waals surface area contributed by atoms with Crippen LogP contribution in [0, 0.1) is 0 Å². The van der Waals surface area contributed by atoms with Crippen molar-refractivity contribution < 1.29 is 14.0 Å². The number of ether oxygens (including phenoxy) is 1. The van der Waals surface area contributed by atoms with Crippen molar-refractivity contribution in [1.82, 2.24) is 0 Å². The van der Waals surface area contributed by atoms with Gasteiger partial charge < -0.3 is 9.22 Å². The van der Waals surface area contributed by atoms with E-state index >= 15 is 0 Å². The fourth-order valence-electron chi connectivity index (χ4n) is 3.08. The normalized spacial score (nSPS) is 11.4. The molecule has 0 amide bonds. The lowest BCUT2D eigenvalue weighted by Gasteiger charge is -2.38. The van der Waals surface area contributed by atoms with Crippen LogP contribution in [0.15, 0.2) is 30.3 Å². The molecule has 0 aliphatic carbocycles. The van der Waals surface area contributed by atoms with Crippen molar-refractivity contribution in [1.29, 1.82) is 0 Å². The number of hydrogen-bond donors (Lipinski definition) is 0. The highest BCUT2D eigenvalue weighted by molar-refractivity contribution is 5.89. The SMILES string of the molecule is CCC[N+](CCC)(CCC)CCOC(=O)c1ccccc1. The maximum absolute atomic E-state index is 12.0. The van der Waals surface area contributed by atoms with Crippen molar-refractivity contribution in [3.63, 3.8) is 0 Å². The smallest absolute Gasteiger partial charge is 0.338 e. The second kappa shape index (κ2) is 9.56. The molecule has 3 nitrogen and oxygen atoms in total. The minimum atomic E-state index is -0.210. The molecule has 3 heteroatoms. The van der Waals surface area contributed by atoms with E-state index < -0.39 is 0 Å². The van der Waals surface area contributed by atoms with E-state index in [0.29, 0.717) is 12.2 Å². The zero-order valence-corrected chi connectivity index (χ0v) is 13.8. The molecule has 0 N–H and O–H groups in total. The zero-order valence-electron chi connectivity index (χ0n) is 13.8. The van der Waals surface area contributed by atoms with Crippen molar-refractivity contribution in [2.24, 2.45) is 0 Å². The summed E-state index contributed by atoms with van der Waals surface area (Å²) in [4.78, 5) is 12.0. The summed E-state index contributed by atoms with van der Waals surface area (Å²) in [7, 11) is 0. The number of nitrogens with zero attached hydrogens (tertiary/aromatic N) is 1. The van der Waals surface area contributed by atoms with Crippen molar-refractivity contribution in [2.75, 3.05) is 32.8 Å². The first-order chi connectivity index (χ1) is 10.2. The largest absolute Gasteiger partial charge is 0.456 e. The topological polar surface area (TPSA) is 26.3 Å². The number of benzene rings is 1. The van der Waals surface area contributed by atoms with Crippen molar-refractivity contribution >= 4 is 5.97 Å². The Morgan fingerprint density at radius 2 is 1.43 bits per heavy atom. The predicted octanol–water partition coefficient (Wildman–Crippen LogP) is 3.89. The van der Waals surface area contributed by atoms with E-state index in [9.17, 15) is 4.79 Å². The van der Waals surface area contributed by atoms with Gasteiger partial charge in [0.25, 0.3) is 0 Å². The lowest BCUT2D eigenvalue weighted by Crippen LogP contribution is -2.51. The Hall–Kier alpha value is -1.35. The standard InChI is InChI=1S/C18H30NO2/c1-4-12-19(13-5-2,14-6-3)15-16-21-18(20)17-10-8-7-9-11-17/h7-11H,4-6,12-16H2,1-3H3/q+1. The van der Waals surface area contributed by atoms with Gasteiger partial charge in [-0.3, -0.25) is 0 Å². The van der Waals surface area contributed by atoms with Crippen molar-refractivity contribution in [3.8, 4) is 0 Å². The van der Waals surface area contributed by atoms with Crippen LogP contribution in [0.5, 0.6) is 0 Å². The van der Waals surface area contributed by atoms with Gasteiger partial charge in [-0.1, -0.05) is 39.0 Å². The molecular formula is C18H30NO2+. The van der Waals surface area contributed by atoms with E-state index in [1.165, 1.54) is 38.9 Å².